The third-order valence-electron chi connectivity index (χ3n) is 2.70. The molecule has 16 heavy (non-hydrogen) atoms. The number of aryl methyl sites for hydroxylation is 1. The summed E-state index contributed by atoms with van der Waals surface area (Å²) in [5.41, 5.74) is 3.74. The Balaban J connectivity index is 2.34. The molecule has 0 fully saturated rings. The number of thioether (sulfide) groups is 1. The first kappa shape index (κ1) is 11.0. The molecule has 0 saturated heterocycles. The fraction of sp³-hybridized carbons (Fsp3) is 0.333. The lowest BCUT2D eigenvalue weighted by atomic mass is 10.1. The van der Waals surface area contributed by atoms with Crippen LogP contribution in [-0.2, 0) is 12.8 Å². The second-order valence-electron chi connectivity index (χ2n) is 3.63. The topological polar surface area (TPSA) is 48.2 Å². The Kier molecular flexibility index (Phi) is 3.47. The van der Waals surface area contributed by atoms with Gasteiger partial charge in [0.1, 0.15) is 0 Å². The van der Waals surface area contributed by atoms with Crippen LogP contribution in [0.15, 0.2) is 23.2 Å². The molecule has 0 amide bonds. The molecule has 1 aliphatic rings. The van der Waals surface area contributed by atoms with Crippen molar-refractivity contribution >= 4 is 22.6 Å². The quantitative estimate of drug-likeness (QED) is 0.350. The number of fused-ring (bicyclic) bond motifs is 1. The number of hydrogen-bond donors (Lipinski definition) is 1. The normalized spacial score (nSPS) is 14.4. The van der Waals surface area contributed by atoms with Crippen LogP contribution in [0.25, 0.3) is 0 Å². The second-order valence-corrected chi connectivity index (χ2v) is 4.42. The first-order chi connectivity index (χ1) is 7.85. The van der Waals surface area contributed by atoms with Crippen molar-refractivity contribution in [2.45, 2.75) is 19.3 Å². The molecule has 0 aliphatic heterocycles. The molecule has 0 spiro atoms. The van der Waals surface area contributed by atoms with E-state index in [1.54, 1.807) is 0 Å². The summed E-state index contributed by atoms with van der Waals surface area (Å²) >= 11 is 1.45. The van der Waals surface area contributed by atoms with E-state index in [0.29, 0.717) is 5.17 Å². The van der Waals surface area contributed by atoms with Crippen molar-refractivity contribution in [3.05, 3.63) is 29.3 Å². The highest BCUT2D eigenvalue weighted by Gasteiger charge is 2.14. The van der Waals surface area contributed by atoms with Crippen LogP contribution in [-0.4, -0.2) is 11.4 Å². The largest absolute Gasteiger partial charge is 0.271 e. The van der Waals surface area contributed by atoms with Crippen molar-refractivity contribution in [2.75, 3.05) is 6.26 Å². The van der Waals surface area contributed by atoms with Crippen LogP contribution in [0.5, 0.6) is 0 Å². The molecule has 0 heterocycles. The van der Waals surface area contributed by atoms with Gasteiger partial charge in [-0.3, -0.25) is 5.32 Å². The molecule has 1 aliphatic carbocycles. The standard InChI is InChI=1S/C12H13N3S/c1-16-12(14-8-13)15-11-7-3-5-9-4-2-6-10(9)11/h3,5,7H,2,4,6H2,1H3,(H,14,15). The first-order valence-electron chi connectivity index (χ1n) is 5.23. The number of aliphatic imine (C=N–C) groups is 1. The Morgan fingerprint density at radius 3 is 3.12 bits per heavy atom. The highest BCUT2D eigenvalue weighted by atomic mass is 32.2. The molecule has 1 N–H and O–H groups in total. The summed E-state index contributed by atoms with van der Waals surface area (Å²) in [6.45, 7) is 0. The smallest absolute Gasteiger partial charge is 0.183 e. The lowest BCUT2D eigenvalue weighted by molar-refractivity contribution is 0.911. The summed E-state index contributed by atoms with van der Waals surface area (Å²) in [6.07, 6.45) is 7.28. The highest BCUT2D eigenvalue weighted by molar-refractivity contribution is 8.13. The average molecular weight is 231 g/mol. The van der Waals surface area contributed by atoms with Gasteiger partial charge >= 0.3 is 0 Å². The molecule has 0 atom stereocenters. The van der Waals surface area contributed by atoms with E-state index >= 15 is 0 Å². The molecule has 0 saturated carbocycles. The molecule has 3 nitrogen and oxygen atoms in total. The SMILES string of the molecule is CSC(=Nc1cccc2c1CCC2)NC#N. The Morgan fingerprint density at radius 1 is 1.50 bits per heavy atom. The molecular weight excluding hydrogens is 218 g/mol. The minimum absolute atomic E-state index is 0.655. The molecule has 0 bridgehead atoms. The number of nitrogens with zero attached hydrogens (tertiary/aromatic N) is 2. The van der Waals surface area contributed by atoms with Crippen molar-refractivity contribution < 1.29 is 0 Å². The van der Waals surface area contributed by atoms with Crippen LogP contribution in [0.2, 0.25) is 0 Å². The Bertz CT molecular complexity index is 460. The molecule has 4 heteroatoms. The fourth-order valence-electron chi connectivity index (χ4n) is 1.99. The number of rotatable bonds is 1. The maximum atomic E-state index is 8.58. The molecule has 2 rings (SSSR count). The van der Waals surface area contributed by atoms with Crippen molar-refractivity contribution in [1.29, 1.82) is 5.26 Å². The van der Waals surface area contributed by atoms with Crippen LogP contribution in [0, 0.1) is 11.5 Å². The van der Waals surface area contributed by atoms with Crippen LogP contribution in [0.4, 0.5) is 5.69 Å². The summed E-state index contributed by atoms with van der Waals surface area (Å²) in [4.78, 5) is 4.48. The fourth-order valence-corrected chi connectivity index (χ4v) is 2.32. The lowest BCUT2D eigenvalue weighted by Crippen LogP contribution is -2.12. The van der Waals surface area contributed by atoms with E-state index < -0.39 is 0 Å². The van der Waals surface area contributed by atoms with E-state index in [-0.39, 0.29) is 0 Å². The number of hydrogen-bond acceptors (Lipinski definition) is 3. The van der Waals surface area contributed by atoms with Gasteiger partial charge in [0.25, 0.3) is 0 Å². The average Bonchev–Trinajstić information content (AvgIpc) is 2.77. The number of nitriles is 1. The van der Waals surface area contributed by atoms with Gasteiger partial charge in [0.2, 0.25) is 0 Å². The molecule has 1 aromatic rings. The first-order valence-corrected chi connectivity index (χ1v) is 6.46. The summed E-state index contributed by atoms with van der Waals surface area (Å²) in [5.74, 6) is 0. The Hall–Kier alpha value is -1.47. The molecule has 1 aromatic carbocycles. The van der Waals surface area contributed by atoms with E-state index in [9.17, 15) is 0 Å². The third kappa shape index (κ3) is 2.20. The molecule has 0 unspecified atom stereocenters. The van der Waals surface area contributed by atoms with Gasteiger partial charge in [0, 0.05) is 0 Å². The monoisotopic (exact) mass is 231 g/mol. The zero-order chi connectivity index (χ0) is 11.4. The van der Waals surface area contributed by atoms with Gasteiger partial charge in [0.05, 0.1) is 5.69 Å². The van der Waals surface area contributed by atoms with E-state index in [2.05, 4.69) is 16.4 Å². The van der Waals surface area contributed by atoms with Crippen LogP contribution >= 0.6 is 11.8 Å². The second kappa shape index (κ2) is 5.04. The molecular formula is C12H13N3S. The molecule has 0 radical (unpaired) electrons. The van der Waals surface area contributed by atoms with Gasteiger partial charge in [-0.15, -0.1) is 0 Å². The summed E-state index contributed by atoms with van der Waals surface area (Å²) in [6, 6.07) is 6.21. The van der Waals surface area contributed by atoms with E-state index in [0.717, 1.165) is 18.5 Å². The van der Waals surface area contributed by atoms with Gasteiger partial charge in [-0.1, -0.05) is 23.9 Å². The zero-order valence-corrected chi connectivity index (χ0v) is 9.97. The summed E-state index contributed by atoms with van der Waals surface area (Å²) < 4.78 is 0. The van der Waals surface area contributed by atoms with Crippen LogP contribution < -0.4 is 5.32 Å². The van der Waals surface area contributed by atoms with Crippen molar-refractivity contribution in [3.8, 4) is 6.19 Å². The predicted molar refractivity (Wildman–Crippen MR) is 67.8 cm³/mol. The van der Waals surface area contributed by atoms with Crippen molar-refractivity contribution in [1.82, 2.24) is 5.32 Å². The Morgan fingerprint density at radius 2 is 2.38 bits per heavy atom. The minimum Gasteiger partial charge on any atom is -0.271 e. The maximum absolute atomic E-state index is 8.58. The highest BCUT2D eigenvalue weighted by Crippen LogP contribution is 2.31. The van der Waals surface area contributed by atoms with Gasteiger partial charge in [-0.2, -0.15) is 5.26 Å². The molecule has 0 aromatic heterocycles. The lowest BCUT2D eigenvalue weighted by Gasteiger charge is -2.05. The Labute approximate surface area is 99.6 Å². The van der Waals surface area contributed by atoms with E-state index in [1.165, 1.54) is 29.3 Å². The van der Waals surface area contributed by atoms with Crippen LogP contribution in [0.3, 0.4) is 0 Å². The summed E-state index contributed by atoms with van der Waals surface area (Å²) in [5, 5.41) is 11.8. The minimum atomic E-state index is 0.655. The maximum Gasteiger partial charge on any atom is 0.183 e. The van der Waals surface area contributed by atoms with E-state index in [1.807, 2.05) is 24.6 Å². The van der Waals surface area contributed by atoms with Gasteiger partial charge in [0.15, 0.2) is 11.4 Å². The number of benzene rings is 1. The number of amidine groups is 1. The van der Waals surface area contributed by atoms with Crippen molar-refractivity contribution in [3.63, 3.8) is 0 Å². The van der Waals surface area contributed by atoms with E-state index in [4.69, 9.17) is 5.26 Å². The zero-order valence-electron chi connectivity index (χ0n) is 9.16. The van der Waals surface area contributed by atoms with Crippen molar-refractivity contribution in [2.24, 2.45) is 4.99 Å². The van der Waals surface area contributed by atoms with Crippen LogP contribution in [0.1, 0.15) is 17.5 Å². The van der Waals surface area contributed by atoms with Gasteiger partial charge in [-0.05, 0) is 42.7 Å². The van der Waals surface area contributed by atoms with Gasteiger partial charge < -0.3 is 0 Å². The molecule has 82 valence electrons. The predicted octanol–water partition coefficient (Wildman–Crippen LogP) is 2.60. The summed E-state index contributed by atoms with van der Waals surface area (Å²) in [7, 11) is 0. The van der Waals surface area contributed by atoms with Gasteiger partial charge in [-0.25, -0.2) is 4.99 Å². The third-order valence-corrected chi connectivity index (χ3v) is 3.28. The number of nitrogens with one attached hydrogen (secondary N) is 1.